The Morgan fingerprint density at radius 2 is 2.15 bits per heavy atom. The second-order valence-electron chi connectivity index (χ2n) is 4.41. The normalized spacial score (nSPS) is 17.8. The van der Waals surface area contributed by atoms with E-state index >= 15 is 0 Å². The van der Waals surface area contributed by atoms with Crippen molar-refractivity contribution in [2.45, 2.75) is 25.9 Å². The molecule has 0 aromatic rings. The molecule has 0 aliphatic carbocycles. The average molecular weight is 288 g/mol. The fraction of sp³-hybridized carbons (Fsp3) is 0.750. The highest BCUT2D eigenvalue weighted by atomic mass is 16.5. The number of nitrogens with one attached hydrogen (secondary N) is 1. The summed E-state index contributed by atoms with van der Waals surface area (Å²) < 4.78 is 10.0. The smallest absolute Gasteiger partial charge is 0.329 e. The first-order chi connectivity index (χ1) is 9.52. The minimum atomic E-state index is -1.17. The molecule has 8 heteroatoms. The molecular formula is C12H20N2O6. The lowest BCUT2D eigenvalue weighted by molar-refractivity contribution is -0.143. The molecule has 1 rings (SSSR count). The van der Waals surface area contributed by atoms with E-state index in [1.165, 1.54) is 4.90 Å². The topological polar surface area (TPSA) is 105 Å². The maximum atomic E-state index is 11.8. The molecule has 8 nitrogen and oxygen atoms in total. The number of urea groups is 1. The van der Waals surface area contributed by atoms with Crippen LogP contribution in [0, 0.1) is 0 Å². The summed E-state index contributed by atoms with van der Waals surface area (Å²) in [6.45, 7) is 2.36. The van der Waals surface area contributed by atoms with Crippen LogP contribution in [-0.2, 0) is 19.1 Å². The van der Waals surface area contributed by atoms with Gasteiger partial charge in [-0.2, -0.15) is 0 Å². The number of carboxylic acids is 1. The lowest BCUT2D eigenvalue weighted by Gasteiger charge is -2.23. The number of likely N-dealkylation sites (N-methyl/N-ethyl adjacent to an activating group) is 1. The summed E-state index contributed by atoms with van der Waals surface area (Å²) in [7, 11) is 0. The van der Waals surface area contributed by atoms with E-state index in [4.69, 9.17) is 9.84 Å². The van der Waals surface area contributed by atoms with Crippen LogP contribution in [0.5, 0.6) is 0 Å². The van der Waals surface area contributed by atoms with Gasteiger partial charge in [0, 0.05) is 19.7 Å². The molecule has 0 saturated carbocycles. The van der Waals surface area contributed by atoms with Crippen molar-refractivity contribution in [2.24, 2.45) is 0 Å². The van der Waals surface area contributed by atoms with Crippen molar-refractivity contribution in [1.29, 1.82) is 0 Å². The lowest BCUT2D eigenvalue weighted by atomic mass is 10.2. The predicted octanol–water partition coefficient (Wildman–Crippen LogP) is -0.175. The molecule has 0 bridgehead atoms. The van der Waals surface area contributed by atoms with Gasteiger partial charge in [-0.3, -0.25) is 10.1 Å². The third-order valence-electron chi connectivity index (χ3n) is 2.82. The van der Waals surface area contributed by atoms with Gasteiger partial charge in [0.15, 0.2) is 0 Å². The number of hydrogen-bond acceptors (Lipinski definition) is 5. The Morgan fingerprint density at radius 1 is 1.40 bits per heavy atom. The molecule has 1 aliphatic rings. The van der Waals surface area contributed by atoms with Crippen molar-refractivity contribution < 1.29 is 29.0 Å². The van der Waals surface area contributed by atoms with E-state index in [0.29, 0.717) is 19.7 Å². The first kappa shape index (κ1) is 16.4. The highest BCUT2D eigenvalue weighted by Gasteiger charge is 2.22. The summed E-state index contributed by atoms with van der Waals surface area (Å²) in [5, 5.41) is 10.5. The molecule has 20 heavy (non-hydrogen) atoms. The Morgan fingerprint density at radius 3 is 2.70 bits per heavy atom. The molecule has 0 aromatic heterocycles. The van der Waals surface area contributed by atoms with Gasteiger partial charge in [-0.1, -0.05) is 0 Å². The predicted molar refractivity (Wildman–Crippen MR) is 68.2 cm³/mol. The molecule has 3 amide bonds. The van der Waals surface area contributed by atoms with Crippen LogP contribution < -0.4 is 5.32 Å². The van der Waals surface area contributed by atoms with Crippen molar-refractivity contribution in [2.75, 3.05) is 32.9 Å². The molecule has 1 atom stereocenters. The van der Waals surface area contributed by atoms with E-state index in [-0.39, 0.29) is 6.10 Å². The van der Waals surface area contributed by atoms with Gasteiger partial charge in [-0.15, -0.1) is 0 Å². The number of rotatable bonds is 7. The molecule has 1 saturated heterocycles. The Balaban J connectivity index is 2.30. The standard InChI is InChI=1S/C12H20N2O6/c1-2-14(6-9-4-3-5-20-9)12(18)13-10(15)7-19-8-11(16)17/h9H,2-8H2,1H3,(H,16,17)(H,13,15,18). The SMILES string of the molecule is CCN(CC1CCCO1)C(=O)NC(=O)COCC(=O)O. The van der Waals surface area contributed by atoms with Crippen LogP contribution in [0.2, 0.25) is 0 Å². The van der Waals surface area contributed by atoms with E-state index in [2.05, 4.69) is 10.1 Å². The summed E-state index contributed by atoms with van der Waals surface area (Å²) in [4.78, 5) is 34.9. The Kier molecular flexibility index (Phi) is 6.96. The van der Waals surface area contributed by atoms with Gasteiger partial charge >= 0.3 is 12.0 Å². The molecule has 1 heterocycles. The second kappa shape index (κ2) is 8.49. The van der Waals surface area contributed by atoms with Gasteiger partial charge in [0.05, 0.1) is 6.10 Å². The summed E-state index contributed by atoms with van der Waals surface area (Å²) >= 11 is 0. The number of hydrogen-bond donors (Lipinski definition) is 2. The second-order valence-corrected chi connectivity index (χ2v) is 4.41. The van der Waals surface area contributed by atoms with Crippen LogP contribution in [0.1, 0.15) is 19.8 Å². The number of amides is 3. The molecular weight excluding hydrogens is 268 g/mol. The minimum Gasteiger partial charge on any atom is -0.480 e. The monoisotopic (exact) mass is 288 g/mol. The zero-order chi connectivity index (χ0) is 15.0. The van der Waals surface area contributed by atoms with Crippen LogP contribution in [0.3, 0.4) is 0 Å². The van der Waals surface area contributed by atoms with Gasteiger partial charge in [0.1, 0.15) is 13.2 Å². The highest BCUT2D eigenvalue weighted by molar-refractivity contribution is 5.95. The van der Waals surface area contributed by atoms with E-state index in [1.54, 1.807) is 6.92 Å². The van der Waals surface area contributed by atoms with Gasteiger partial charge in [0.2, 0.25) is 0 Å². The fourth-order valence-corrected chi connectivity index (χ4v) is 1.86. The van der Waals surface area contributed by atoms with Gasteiger partial charge in [-0.25, -0.2) is 9.59 Å². The van der Waals surface area contributed by atoms with Gasteiger partial charge in [-0.05, 0) is 19.8 Å². The summed E-state index contributed by atoms with van der Waals surface area (Å²) in [6.07, 6.45) is 1.89. The molecule has 1 aliphatic heterocycles. The molecule has 0 radical (unpaired) electrons. The maximum absolute atomic E-state index is 11.8. The van der Waals surface area contributed by atoms with E-state index in [1.807, 2.05) is 0 Å². The zero-order valence-electron chi connectivity index (χ0n) is 11.5. The third kappa shape index (κ3) is 5.98. The largest absolute Gasteiger partial charge is 0.480 e. The summed E-state index contributed by atoms with van der Waals surface area (Å²) in [5.74, 6) is -1.83. The number of imide groups is 1. The lowest BCUT2D eigenvalue weighted by Crippen LogP contribution is -2.46. The third-order valence-corrected chi connectivity index (χ3v) is 2.82. The number of carbonyl (C=O) groups is 3. The Hall–Kier alpha value is -1.67. The quantitative estimate of drug-likeness (QED) is 0.673. The van der Waals surface area contributed by atoms with E-state index < -0.39 is 31.1 Å². The van der Waals surface area contributed by atoms with Crippen molar-refractivity contribution in [3.63, 3.8) is 0 Å². The Bertz CT molecular complexity index is 354. The van der Waals surface area contributed by atoms with Gasteiger partial charge in [0.25, 0.3) is 5.91 Å². The number of aliphatic carboxylic acids is 1. The van der Waals surface area contributed by atoms with Gasteiger partial charge < -0.3 is 19.5 Å². The zero-order valence-corrected chi connectivity index (χ0v) is 11.5. The van der Waals surface area contributed by atoms with Crippen molar-refractivity contribution in [1.82, 2.24) is 10.2 Å². The summed E-state index contributed by atoms with van der Waals surface area (Å²) in [6, 6.07) is -0.521. The number of ether oxygens (including phenoxy) is 2. The number of carbonyl (C=O) groups excluding carboxylic acids is 2. The van der Waals surface area contributed by atoms with Crippen LogP contribution in [-0.4, -0.2) is 66.9 Å². The molecule has 0 aromatic carbocycles. The number of nitrogens with zero attached hydrogens (tertiary/aromatic N) is 1. The van der Waals surface area contributed by atoms with Crippen LogP contribution >= 0.6 is 0 Å². The first-order valence-corrected chi connectivity index (χ1v) is 6.52. The van der Waals surface area contributed by atoms with Crippen LogP contribution in [0.15, 0.2) is 0 Å². The fourth-order valence-electron chi connectivity index (χ4n) is 1.86. The van der Waals surface area contributed by atoms with Crippen LogP contribution in [0.25, 0.3) is 0 Å². The van der Waals surface area contributed by atoms with E-state index in [0.717, 1.165) is 12.8 Å². The Labute approximate surface area is 117 Å². The summed E-state index contributed by atoms with van der Waals surface area (Å²) in [5.41, 5.74) is 0. The van der Waals surface area contributed by atoms with Crippen LogP contribution in [0.4, 0.5) is 4.79 Å². The molecule has 1 unspecified atom stereocenters. The molecule has 2 N–H and O–H groups in total. The van der Waals surface area contributed by atoms with Crippen molar-refractivity contribution in [3.05, 3.63) is 0 Å². The molecule has 1 fully saturated rings. The highest BCUT2D eigenvalue weighted by Crippen LogP contribution is 2.13. The first-order valence-electron chi connectivity index (χ1n) is 6.52. The maximum Gasteiger partial charge on any atom is 0.329 e. The van der Waals surface area contributed by atoms with Crippen molar-refractivity contribution in [3.8, 4) is 0 Å². The minimum absolute atomic E-state index is 0.0130. The van der Waals surface area contributed by atoms with E-state index in [9.17, 15) is 14.4 Å². The number of carboxylic acid groups (broad SMARTS) is 1. The average Bonchev–Trinajstić information content (AvgIpc) is 2.88. The molecule has 0 spiro atoms. The van der Waals surface area contributed by atoms with Crippen molar-refractivity contribution >= 4 is 17.9 Å². The molecule has 114 valence electrons.